The molecule has 0 saturated carbocycles. The molecule has 1 heterocycles. The Morgan fingerprint density at radius 3 is 2.79 bits per heavy atom. The molecule has 100 valence electrons. The van der Waals surface area contributed by atoms with Gasteiger partial charge in [-0.1, -0.05) is 12.1 Å². The van der Waals surface area contributed by atoms with Crippen molar-refractivity contribution >= 4 is 22.9 Å². The maximum absolute atomic E-state index is 12.4. The fraction of sp³-hybridized carbons (Fsp3) is 0.214. The van der Waals surface area contributed by atoms with Crippen molar-refractivity contribution in [1.82, 2.24) is 4.90 Å². The highest BCUT2D eigenvalue weighted by molar-refractivity contribution is 7.09. The van der Waals surface area contributed by atoms with E-state index in [1.807, 2.05) is 17.5 Å². The zero-order valence-corrected chi connectivity index (χ0v) is 11.7. The van der Waals surface area contributed by atoms with Crippen LogP contribution in [0.4, 0.5) is 5.69 Å². The van der Waals surface area contributed by atoms with Crippen LogP contribution in [0.1, 0.15) is 15.2 Å². The average Bonchev–Trinajstić information content (AvgIpc) is 2.91. The summed E-state index contributed by atoms with van der Waals surface area (Å²) in [5, 5.41) is 1.99. The van der Waals surface area contributed by atoms with Crippen LogP contribution in [0.2, 0.25) is 0 Å². The topological polar surface area (TPSA) is 55.6 Å². The number of methoxy groups -OCH3 is 1. The van der Waals surface area contributed by atoms with Crippen molar-refractivity contribution in [3.8, 4) is 5.75 Å². The lowest BCUT2D eigenvalue weighted by Crippen LogP contribution is -2.26. The van der Waals surface area contributed by atoms with E-state index in [1.54, 1.807) is 41.5 Å². The number of para-hydroxylation sites is 1. The summed E-state index contributed by atoms with van der Waals surface area (Å²) >= 11 is 1.63. The molecule has 4 nitrogen and oxygen atoms in total. The Morgan fingerprint density at radius 2 is 2.16 bits per heavy atom. The zero-order chi connectivity index (χ0) is 13.8. The Balaban J connectivity index is 2.19. The molecule has 2 N–H and O–H groups in total. The van der Waals surface area contributed by atoms with Gasteiger partial charge in [-0.2, -0.15) is 0 Å². The number of ether oxygens (including phenoxy) is 1. The van der Waals surface area contributed by atoms with Crippen LogP contribution in [0.25, 0.3) is 0 Å². The molecule has 0 aliphatic heterocycles. The van der Waals surface area contributed by atoms with Crippen LogP contribution < -0.4 is 10.5 Å². The predicted molar refractivity (Wildman–Crippen MR) is 77.5 cm³/mol. The van der Waals surface area contributed by atoms with Crippen LogP contribution in [0.5, 0.6) is 5.75 Å². The molecule has 1 amide bonds. The van der Waals surface area contributed by atoms with Gasteiger partial charge >= 0.3 is 0 Å². The van der Waals surface area contributed by atoms with E-state index in [-0.39, 0.29) is 5.91 Å². The van der Waals surface area contributed by atoms with E-state index < -0.39 is 0 Å². The summed E-state index contributed by atoms with van der Waals surface area (Å²) in [6, 6.07) is 9.19. The molecule has 0 atom stereocenters. The van der Waals surface area contributed by atoms with Gasteiger partial charge in [-0.3, -0.25) is 4.79 Å². The minimum Gasteiger partial charge on any atom is -0.495 e. The van der Waals surface area contributed by atoms with Crippen LogP contribution in [-0.4, -0.2) is 25.0 Å². The summed E-state index contributed by atoms with van der Waals surface area (Å²) in [7, 11) is 3.30. The third-order valence-corrected chi connectivity index (χ3v) is 3.70. The number of hydrogen-bond acceptors (Lipinski definition) is 4. The molecule has 19 heavy (non-hydrogen) atoms. The Morgan fingerprint density at radius 1 is 1.37 bits per heavy atom. The first-order valence-electron chi connectivity index (χ1n) is 5.83. The number of thiophene rings is 1. The second-order valence-corrected chi connectivity index (χ2v) is 5.19. The highest BCUT2D eigenvalue weighted by Gasteiger charge is 2.17. The number of amides is 1. The van der Waals surface area contributed by atoms with E-state index in [4.69, 9.17) is 10.5 Å². The van der Waals surface area contributed by atoms with Gasteiger partial charge in [-0.05, 0) is 23.6 Å². The molecular formula is C14H16N2O2S. The molecule has 2 aromatic rings. The van der Waals surface area contributed by atoms with Crippen molar-refractivity contribution in [2.45, 2.75) is 6.54 Å². The van der Waals surface area contributed by atoms with Gasteiger partial charge in [0, 0.05) is 11.9 Å². The van der Waals surface area contributed by atoms with E-state index in [0.717, 1.165) is 4.88 Å². The highest BCUT2D eigenvalue weighted by atomic mass is 32.1. The molecule has 2 rings (SSSR count). The van der Waals surface area contributed by atoms with Gasteiger partial charge in [0.05, 0.1) is 24.9 Å². The molecule has 0 bridgehead atoms. The van der Waals surface area contributed by atoms with Crippen molar-refractivity contribution in [2.24, 2.45) is 0 Å². The van der Waals surface area contributed by atoms with Crippen LogP contribution >= 0.6 is 11.3 Å². The van der Waals surface area contributed by atoms with Crippen molar-refractivity contribution in [1.29, 1.82) is 0 Å². The van der Waals surface area contributed by atoms with Crippen LogP contribution in [0.15, 0.2) is 35.7 Å². The highest BCUT2D eigenvalue weighted by Crippen LogP contribution is 2.26. The SMILES string of the molecule is COc1cccc(C(=O)N(C)Cc2cccs2)c1N. The Bertz CT molecular complexity index is 567. The number of carbonyl (C=O) groups excluding carboxylic acids is 1. The summed E-state index contributed by atoms with van der Waals surface area (Å²) in [6.07, 6.45) is 0. The minimum atomic E-state index is -0.107. The Hall–Kier alpha value is -2.01. The molecule has 0 aliphatic rings. The van der Waals surface area contributed by atoms with Crippen molar-refractivity contribution in [2.75, 3.05) is 19.9 Å². The smallest absolute Gasteiger partial charge is 0.256 e. The van der Waals surface area contributed by atoms with Crippen molar-refractivity contribution in [3.63, 3.8) is 0 Å². The molecule has 0 fully saturated rings. The first-order chi connectivity index (χ1) is 9.13. The Labute approximate surface area is 116 Å². The number of anilines is 1. The maximum Gasteiger partial charge on any atom is 0.256 e. The van der Waals surface area contributed by atoms with E-state index >= 15 is 0 Å². The molecule has 1 aromatic carbocycles. The van der Waals surface area contributed by atoms with E-state index in [0.29, 0.717) is 23.5 Å². The lowest BCUT2D eigenvalue weighted by molar-refractivity contribution is 0.0787. The third-order valence-electron chi connectivity index (χ3n) is 2.84. The first kappa shape index (κ1) is 13.4. The standard InChI is InChI=1S/C14H16N2O2S/c1-16(9-10-5-4-8-19-10)14(17)11-6-3-7-12(18-2)13(11)15/h3-8H,9,15H2,1-2H3. The lowest BCUT2D eigenvalue weighted by Gasteiger charge is -2.18. The largest absolute Gasteiger partial charge is 0.495 e. The van der Waals surface area contributed by atoms with Gasteiger partial charge in [-0.15, -0.1) is 11.3 Å². The van der Waals surface area contributed by atoms with Gasteiger partial charge in [0.25, 0.3) is 5.91 Å². The molecule has 1 aromatic heterocycles. The molecule has 0 saturated heterocycles. The summed E-state index contributed by atoms with van der Waals surface area (Å²) < 4.78 is 5.13. The number of nitrogens with two attached hydrogens (primary N) is 1. The predicted octanol–water partition coefficient (Wildman–Crippen LogP) is 2.61. The zero-order valence-electron chi connectivity index (χ0n) is 10.9. The second kappa shape index (κ2) is 5.75. The fourth-order valence-corrected chi connectivity index (χ4v) is 2.58. The summed E-state index contributed by atoms with van der Waals surface area (Å²) in [6.45, 7) is 0.577. The average molecular weight is 276 g/mol. The number of nitrogens with zero attached hydrogens (tertiary/aromatic N) is 1. The molecule has 0 spiro atoms. The van der Waals surface area contributed by atoms with Crippen LogP contribution in [0.3, 0.4) is 0 Å². The minimum absolute atomic E-state index is 0.107. The third kappa shape index (κ3) is 2.88. The van der Waals surface area contributed by atoms with Gasteiger partial charge in [-0.25, -0.2) is 0 Å². The van der Waals surface area contributed by atoms with E-state index in [9.17, 15) is 4.79 Å². The normalized spacial score (nSPS) is 10.2. The fourth-order valence-electron chi connectivity index (χ4n) is 1.82. The van der Waals surface area contributed by atoms with Crippen LogP contribution in [-0.2, 0) is 6.54 Å². The van der Waals surface area contributed by atoms with Crippen molar-refractivity contribution in [3.05, 3.63) is 46.2 Å². The van der Waals surface area contributed by atoms with E-state index in [2.05, 4.69) is 0 Å². The number of rotatable bonds is 4. The number of hydrogen-bond donors (Lipinski definition) is 1. The molecule has 0 radical (unpaired) electrons. The monoisotopic (exact) mass is 276 g/mol. The quantitative estimate of drug-likeness (QED) is 0.873. The summed E-state index contributed by atoms with van der Waals surface area (Å²) in [5.41, 5.74) is 6.79. The van der Waals surface area contributed by atoms with Gasteiger partial charge in [0.1, 0.15) is 5.75 Å². The molecule has 0 unspecified atom stereocenters. The first-order valence-corrected chi connectivity index (χ1v) is 6.71. The second-order valence-electron chi connectivity index (χ2n) is 4.16. The summed E-state index contributed by atoms with van der Waals surface area (Å²) in [4.78, 5) is 15.1. The van der Waals surface area contributed by atoms with Gasteiger partial charge in [0.2, 0.25) is 0 Å². The molecule has 0 aliphatic carbocycles. The lowest BCUT2D eigenvalue weighted by atomic mass is 10.1. The number of nitrogen functional groups attached to an aromatic ring is 1. The van der Waals surface area contributed by atoms with Gasteiger partial charge in [0.15, 0.2) is 0 Å². The van der Waals surface area contributed by atoms with Crippen LogP contribution in [0, 0.1) is 0 Å². The van der Waals surface area contributed by atoms with Gasteiger partial charge < -0.3 is 15.4 Å². The van der Waals surface area contributed by atoms with Crippen molar-refractivity contribution < 1.29 is 9.53 Å². The molecular weight excluding hydrogens is 260 g/mol. The maximum atomic E-state index is 12.4. The molecule has 5 heteroatoms. The number of carbonyl (C=O) groups is 1. The number of benzene rings is 1. The van der Waals surface area contributed by atoms with E-state index in [1.165, 1.54) is 7.11 Å². The Kier molecular flexibility index (Phi) is 4.06. The summed E-state index contributed by atoms with van der Waals surface area (Å²) in [5.74, 6) is 0.417.